The molecule has 180 valence electrons. The molecule has 0 saturated carbocycles. The molecule has 1 aliphatic heterocycles. The van der Waals surface area contributed by atoms with E-state index in [1.54, 1.807) is 13.8 Å². The van der Waals surface area contributed by atoms with Gasteiger partial charge >= 0.3 is 12.0 Å². The largest absolute Gasteiger partial charge is 0.490 e. The van der Waals surface area contributed by atoms with Gasteiger partial charge in [-0.2, -0.15) is 0 Å². The van der Waals surface area contributed by atoms with Gasteiger partial charge in [-0.25, -0.2) is 20.4 Å². The minimum Gasteiger partial charge on any atom is -0.490 e. The number of urea groups is 1. The first-order valence-corrected chi connectivity index (χ1v) is 10.6. The number of nitro groups is 1. The van der Waals surface area contributed by atoms with Crippen molar-refractivity contribution in [1.29, 1.82) is 0 Å². The van der Waals surface area contributed by atoms with Gasteiger partial charge in [0, 0.05) is 5.70 Å². The van der Waals surface area contributed by atoms with Gasteiger partial charge in [-0.3, -0.25) is 10.1 Å². The molecule has 2 aromatic carbocycles. The summed E-state index contributed by atoms with van der Waals surface area (Å²) in [5, 5.41) is 15.3. The number of rotatable bonds is 9. The molecule has 34 heavy (non-hydrogen) atoms. The Balaban J connectivity index is 2.12. The van der Waals surface area contributed by atoms with Crippen molar-refractivity contribution in [3.05, 3.63) is 75.0 Å². The number of nitrogens with zero attached hydrogens (tertiary/aromatic N) is 2. The molecule has 1 atom stereocenters. The molecular weight excluding hydrogens is 444 g/mol. The van der Waals surface area contributed by atoms with Crippen LogP contribution in [0, 0.1) is 10.1 Å². The Bertz CT molecular complexity index is 1120. The van der Waals surface area contributed by atoms with Gasteiger partial charge in [0.25, 0.3) is 5.69 Å². The molecule has 2 aromatic rings. The molecule has 0 spiro atoms. The topological polar surface area (TPSA) is 146 Å². The van der Waals surface area contributed by atoms with Crippen molar-refractivity contribution in [2.75, 3.05) is 13.2 Å². The third-order valence-corrected chi connectivity index (χ3v) is 5.16. The molecule has 0 bridgehead atoms. The maximum Gasteiger partial charge on any atom is 0.338 e. The van der Waals surface area contributed by atoms with E-state index in [4.69, 9.17) is 20.1 Å². The van der Waals surface area contributed by atoms with Crippen LogP contribution >= 0.6 is 0 Å². The fraction of sp³-hybridized carbons (Fsp3) is 0.304. The van der Waals surface area contributed by atoms with Gasteiger partial charge in [-0.1, -0.05) is 30.3 Å². The summed E-state index contributed by atoms with van der Waals surface area (Å²) >= 11 is 0. The molecule has 0 aromatic heterocycles. The molecule has 0 unspecified atom stereocenters. The van der Waals surface area contributed by atoms with E-state index in [9.17, 15) is 19.7 Å². The lowest BCUT2D eigenvalue weighted by Gasteiger charge is -2.32. The Labute approximate surface area is 196 Å². The number of allylic oxidation sites excluding steroid dienone is 1. The van der Waals surface area contributed by atoms with Gasteiger partial charge < -0.3 is 19.5 Å². The molecule has 0 saturated heterocycles. The number of amides is 2. The molecule has 1 heterocycles. The van der Waals surface area contributed by atoms with Gasteiger partial charge in [-0.15, -0.1) is 0 Å². The van der Waals surface area contributed by atoms with Crippen LogP contribution in [0.2, 0.25) is 0 Å². The second-order valence-electron chi connectivity index (χ2n) is 7.29. The first-order valence-electron chi connectivity index (χ1n) is 10.6. The van der Waals surface area contributed by atoms with E-state index in [-0.39, 0.29) is 53.8 Å². The highest BCUT2D eigenvalue weighted by Gasteiger charge is 2.39. The van der Waals surface area contributed by atoms with Gasteiger partial charge in [-0.05, 0) is 32.4 Å². The Hall–Kier alpha value is -4.12. The predicted molar refractivity (Wildman–Crippen MR) is 122 cm³/mol. The Morgan fingerprint density at radius 1 is 1.15 bits per heavy atom. The number of carbonyl (C=O) groups is 2. The second-order valence-corrected chi connectivity index (χ2v) is 7.29. The van der Waals surface area contributed by atoms with Gasteiger partial charge in [0.05, 0.1) is 41.4 Å². The number of nitrogens with one attached hydrogen (secondary N) is 1. The average Bonchev–Trinajstić information content (AvgIpc) is 2.82. The summed E-state index contributed by atoms with van der Waals surface area (Å²) in [6, 6.07) is 10.00. The highest BCUT2D eigenvalue weighted by molar-refractivity contribution is 5.95. The van der Waals surface area contributed by atoms with Crippen LogP contribution in [-0.4, -0.2) is 35.1 Å². The molecule has 3 rings (SSSR count). The average molecular weight is 470 g/mol. The van der Waals surface area contributed by atoms with Crippen LogP contribution in [0.25, 0.3) is 0 Å². The number of benzene rings is 2. The normalized spacial score (nSPS) is 15.6. The molecule has 2 amide bonds. The van der Waals surface area contributed by atoms with E-state index in [1.807, 2.05) is 30.3 Å². The van der Waals surface area contributed by atoms with Crippen LogP contribution in [-0.2, 0) is 16.1 Å². The SMILES string of the molecule is CCOC(=O)C1=C(C)N(N)C(=O)N[C@@H]1c1cc(OCC)c(OCc2ccccc2)cc1[N+](=O)[O-]. The molecule has 0 radical (unpaired) electrons. The lowest BCUT2D eigenvalue weighted by Crippen LogP contribution is -2.51. The molecule has 1 aliphatic rings. The monoisotopic (exact) mass is 470 g/mol. The first kappa shape index (κ1) is 24.5. The number of hydrogen-bond acceptors (Lipinski definition) is 8. The van der Waals surface area contributed by atoms with Crippen LogP contribution in [0.1, 0.15) is 37.9 Å². The maximum absolute atomic E-state index is 12.7. The van der Waals surface area contributed by atoms with Crippen molar-refractivity contribution in [3.8, 4) is 11.5 Å². The Morgan fingerprint density at radius 3 is 2.44 bits per heavy atom. The number of hydrazine groups is 1. The Kier molecular flexibility index (Phi) is 7.69. The van der Waals surface area contributed by atoms with Crippen LogP contribution in [0.3, 0.4) is 0 Å². The van der Waals surface area contributed by atoms with E-state index in [2.05, 4.69) is 5.32 Å². The second kappa shape index (κ2) is 10.7. The molecular formula is C23H26N4O7. The van der Waals surface area contributed by atoms with Crippen molar-refractivity contribution >= 4 is 17.7 Å². The van der Waals surface area contributed by atoms with Crippen LogP contribution in [0.4, 0.5) is 10.5 Å². The summed E-state index contributed by atoms with van der Waals surface area (Å²) in [5.41, 5.74) is 0.625. The van der Waals surface area contributed by atoms with Crippen molar-refractivity contribution in [2.24, 2.45) is 5.84 Å². The number of esters is 1. The molecule has 3 N–H and O–H groups in total. The molecule has 11 heteroatoms. The standard InChI is InChI=1S/C23H26N4O7/c1-4-32-18-11-16(21-20(22(28)33-5-2)14(3)26(24)23(29)25-21)17(27(30)31)12-19(18)34-13-15-9-7-6-8-10-15/h6-12,21H,4-5,13,24H2,1-3H3,(H,25,29)/t21-/m1/s1. The van der Waals surface area contributed by atoms with Crippen LogP contribution < -0.4 is 20.6 Å². The highest BCUT2D eigenvalue weighted by Crippen LogP contribution is 2.42. The number of ether oxygens (including phenoxy) is 3. The number of carbonyl (C=O) groups excluding carboxylic acids is 2. The third-order valence-electron chi connectivity index (χ3n) is 5.16. The maximum atomic E-state index is 12.7. The van der Waals surface area contributed by atoms with E-state index in [1.165, 1.54) is 19.1 Å². The summed E-state index contributed by atoms with van der Waals surface area (Å²) in [6.07, 6.45) is 0. The number of hydrogen-bond donors (Lipinski definition) is 2. The zero-order chi connectivity index (χ0) is 24.8. The fourth-order valence-electron chi connectivity index (χ4n) is 3.53. The lowest BCUT2D eigenvalue weighted by atomic mass is 9.93. The smallest absolute Gasteiger partial charge is 0.338 e. The number of nitrogens with two attached hydrogens (primary N) is 1. The van der Waals surface area contributed by atoms with Gasteiger partial charge in [0.2, 0.25) is 0 Å². The fourth-order valence-corrected chi connectivity index (χ4v) is 3.53. The molecule has 0 aliphatic carbocycles. The quantitative estimate of drug-likeness (QED) is 0.186. The summed E-state index contributed by atoms with van der Waals surface area (Å²) in [5.74, 6) is 5.39. The van der Waals surface area contributed by atoms with Crippen molar-refractivity contribution in [2.45, 2.75) is 33.4 Å². The summed E-state index contributed by atoms with van der Waals surface area (Å²) < 4.78 is 16.6. The molecule has 11 nitrogen and oxygen atoms in total. The van der Waals surface area contributed by atoms with E-state index >= 15 is 0 Å². The van der Waals surface area contributed by atoms with Gasteiger partial charge in [0.15, 0.2) is 11.5 Å². The van der Waals surface area contributed by atoms with Gasteiger partial charge in [0.1, 0.15) is 6.61 Å². The van der Waals surface area contributed by atoms with Crippen molar-refractivity contribution in [1.82, 2.24) is 10.3 Å². The minimum absolute atomic E-state index is 0.0209. The summed E-state index contributed by atoms with van der Waals surface area (Å²) in [6.45, 7) is 5.33. The van der Waals surface area contributed by atoms with E-state index in [0.29, 0.717) is 0 Å². The van der Waals surface area contributed by atoms with Crippen LogP contribution in [0.15, 0.2) is 53.7 Å². The molecule has 0 fully saturated rings. The number of nitro benzene ring substituents is 1. The third kappa shape index (κ3) is 5.09. The zero-order valence-electron chi connectivity index (χ0n) is 19.1. The summed E-state index contributed by atoms with van der Waals surface area (Å²) in [4.78, 5) is 36.5. The zero-order valence-corrected chi connectivity index (χ0v) is 19.1. The van der Waals surface area contributed by atoms with Crippen molar-refractivity contribution in [3.63, 3.8) is 0 Å². The predicted octanol–water partition coefficient (Wildman–Crippen LogP) is 3.35. The summed E-state index contributed by atoms with van der Waals surface area (Å²) in [7, 11) is 0. The van der Waals surface area contributed by atoms with Crippen LogP contribution in [0.5, 0.6) is 11.5 Å². The van der Waals surface area contributed by atoms with Crippen molar-refractivity contribution < 1.29 is 28.7 Å². The van der Waals surface area contributed by atoms with E-state index < -0.39 is 23.0 Å². The first-order chi connectivity index (χ1) is 16.3. The Morgan fingerprint density at radius 2 is 1.82 bits per heavy atom. The van der Waals surface area contributed by atoms with E-state index in [0.717, 1.165) is 10.6 Å². The highest BCUT2D eigenvalue weighted by atomic mass is 16.6. The minimum atomic E-state index is -1.19. The lowest BCUT2D eigenvalue weighted by molar-refractivity contribution is -0.385.